The van der Waals surface area contributed by atoms with Crippen LogP contribution < -0.4 is 0 Å². The lowest BCUT2D eigenvalue weighted by atomic mass is 10.3. The molecule has 0 aromatic carbocycles. The summed E-state index contributed by atoms with van der Waals surface area (Å²) in [6.07, 6.45) is 3.68. The molecule has 0 N–H and O–H groups in total. The number of hydrogen-bond acceptors (Lipinski definition) is 1. The molecule has 0 fully saturated rings. The quantitative estimate of drug-likeness (QED) is 0.411. The maximum absolute atomic E-state index is 8.12. The Balaban J connectivity index is 3.49. The largest absolute Gasteiger partial charge is 0.193 e. The van der Waals surface area contributed by atoms with Gasteiger partial charge in [0.1, 0.15) is 0 Å². The molecule has 8 heavy (non-hydrogen) atoms. The van der Waals surface area contributed by atoms with Gasteiger partial charge in [-0.25, -0.2) is 0 Å². The monoisotopic (exact) mass is 127 g/mol. The third-order valence-corrected chi connectivity index (χ3v) is 1.24. The van der Waals surface area contributed by atoms with Crippen molar-refractivity contribution in [3.8, 4) is 6.07 Å². The predicted molar refractivity (Wildman–Crippen MR) is 38.3 cm³/mol. The topological polar surface area (TPSA) is 23.8 Å². The van der Waals surface area contributed by atoms with Gasteiger partial charge in [-0.05, 0) is 11.7 Å². The summed E-state index contributed by atoms with van der Waals surface area (Å²) in [6.45, 7) is 2.09. The predicted octanol–water partition coefficient (Wildman–Crippen LogP) is 2.07. The molecule has 0 radical (unpaired) electrons. The first-order valence-corrected chi connectivity index (χ1v) is 3.23. The zero-order chi connectivity index (χ0) is 6.41. The minimum absolute atomic E-state index is 1.01. The highest BCUT2D eigenvalue weighted by molar-refractivity contribution is 7.22. The van der Waals surface area contributed by atoms with E-state index in [0.717, 1.165) is 18.2 Å². The Morgan fingerprint density at radius 1 is 1.88 bits per heavy atom. The summed E-state index contributed by atoms with van der Waals surface area (Å²) in [5, 5.41) is 9.22. The summed E-state index contributed by atoms with van der Waals surface area (Å²) >= 11 is 0. The lowest BCUT2D eigenvalue weighted by Crippen LogP contribution is -1.66. The molecule has 0 amide bonds. The molecule has 1 nitrogen and oxygen atoms in total. The van der Waals surface area contributed by atoms with E-state index in [1.807, 2.05) is 6.07 Å². The van der Waals surface area contributed by atoms with Crippen LogP contribution in [0.2, 0.25) is 0 Å². The molecule has 0 aliphatic carbocycles. The van der Waals surface area contributed by atoms with Crippen LogP contribution in [0.5, 0.6) is 0 Å². The van der Waals surface area contributed by atoms with E-state index in [0.29, 0.717) is 0 Å². The third-order valence-electron chi connectivity index (χ3n) is 0.789. The number of hydrogen-bond donors (Lipinski definition) is 0. The normalized spacial score (nSPS) is 10.9. The Hall–Kier alpha value is -0.340. The van der Waals surface area contributed by atoms with Crippen molar-refractivity contribution in [3.05, 3.63) is 11.4 Å². The molecule has 0 spiro atoms. The minimum atomic E-state index is 1.01. The van der Waals surface area contributed by atoms with Gasteiger partial charge in [-0.1, -0.05) is 13.3 Å². The second-order valence-corrected chi connectivity index (χ2v) is 2.34. The Morgan fingerprint density at radius 3 is 2.88 bits per heavy atom. The first-order valence-electron chi connectivity index (χ1n) is 2.65. The number of nitriles is 1. The van der Waals surface area contributed by atoms with E-state index in [2.05, 4.69) is 16.2 Å². The summed E-state index contributed by atoms with van der Waals surface area (Å²) in [4.78, 5) is 0. The number of nitrogens with zero attached hydrogens (tertiary/aromatic N) is 1. The molecule has 0 bridgehead atoms. The van der Waals surface area contributed by atoms with Crippen molar-refractivity contribution in [2.24, 2.45) is 0 Å². The summed E-state index contributed by atoms with van der Waals surface area (Å²) in [5.41, 5.74) is 0. The van der Waals surface area contributed by atoms with Gasteiger partial charge in [0.15, 0.2) is 0 Å². The fourth-order valence-electron chi connectivity index (χ4n) is 0.444. The van der Waals surface area contributed by atoms with E-state index >= 15 is 0 Å². The Morgan fingerprint density at radius 2 is 2.50 bits per heavy atom. The zero-order valence-electron chi connectivity index (χ0n) is 5.02. The van der Waals surface area contributed by atoms with Gasteiger partial charge in [0, 0.05) is 6.08 Å². The average Bonchev–Trinajstić information content (AvgIpc) is 1.68. The van der Waals surface area contributed by atoms with Crippen molar-refractivity contribution in [3.63, 3.8) is 0 Å². The van der Waals surface area contributed by atoms with Crippen LogP contribution in [-0.2, 0) is 0 Å². The molecule has 0 aromatic rings. The number of allylic oxidation sites excluding steroid dienone is 2. The van der Waals surface area contributed by atoms with Crippen LogP contribution in [0.3, 0.4) is 0 Å². The average molecular weight is 127 g/mol. The van der Waals surface area contributed by atoms with Crippen LogP contribution in [0.15, 0.2) is 11.4 Å². The van der Waals surface area contributed by atoms with Crippen LogP contribution in [0.4, 0.5) is 0 Å². The highest BCUT2D eigenvalue weighted by Crippen LogP contribution is 2.10. The van der Waals surface area contributed by atoms with E-state index in [4.69, 9.17) is 5.26 Å². The Labute approximate surface area is 52.6 Å². The van der Waals surface area contributed by atoms with Crippen LogP contribution in [0.1, 0.15) is 19.8 Å². The highest BCUT2D eigenvalue weighted by atomic mass is 31.0. The summed E-state index contributed by atoms with van der Waals surface area (Å²) < 4.78 is 0. The molecule has 1 unspecified atom stereocenters. The van der Waals surface area contributed by atoms with E-state index in [9.17, 15) is 0 Å². The summed E-state index contributed by atoms with van der Waals surface area (Å²) in [6, 6.07) is 1.97. The van der Waals surface area contributed by atoms with Gasteiger partial charge in [0.2, 0.25) is 0 Å². The van der Waals surface area contributed by atoms with Crippen molar-refractivity contribution < 1.29 is 0 Å². The molecular formula is C6H10NP. The van der Waals surface area contributed by atoms with Crippen LogP contribution >= 0.6 is 9.24 Å². The van der Waals surface area contributed by atoms with Crippen molar-refractivity contribution in [1.29, 1.82) is 5.26 Å². The molecule has 0 saturated heterocycles. The minimum Gasteiger partial charge on any atom is -0.193 e. The standard InChI is InChI=1S/C6H10NP/c1-2-3-6(8)4-5-7/h4H,2-3,8H2,1H3. The summed E-state index contributed by atoms with van der Waals surface area (Å²) in [7, 11) is 2.54. The first-order chi connectivity index (χ1) is 3.81. The molecular weight excluding hydrogens is 117 g/mol. The molecule has 44 valence electrons. The SMILES string of the molecule is CCCC(P)=CC#N. The molecule has 2 heteroatoms. The smallest absolute Gasteiger partial charge is 0.0915 e. The van der Waals surface area contributed by atoms with Crippen molar-refractivity contribution >= 4 is 9.24 Å². The summed E-state index contributed by atoms with van der Waals surface area (Å²) in [5.74, 6) is 0. The lowest BCUT2D eigenvalue weighted by Gasteiger charge is -1.89. The zero-order valence-corrected chi connectivity index (χ0v) is 6.17. The van der Waals surface area contributed by atoms with Gasteiger partial charge in [-0.2, -0.15) is 5.26 Å². The van der Waals surface area contributed by atoms with Gasteiger partial charge in [-0.15, -0.1) is 9.24 Å². The van der Waals surface area contributed by atoms with Crippen molar-refractivity contribution in [2.45, 2.75) is 19.8 Å². The van der Waals surface area contributed by atoms with Gasteiger partial charge in [0.25, 0.3) is 0 Å². The van der Waals surface area contributed by atoms with Gasteiger partial charge < -0.3 is 0 Å². The van der Waals surface area contributed by atoms with E-state index in [-0.39, 0.29) is 0 Å². The highest BCUT2D eigenvalue weighted by Gasteiger charge is 1.82. The molecule has 0 rings (SSSR count). The van der Waals surface area contributed by atoms with E-state index in [1.165, 1.54) is 0 Å². The maximum Gasteiger partial charge on any atom is 0.0915 e. The molecule has 1 atom stereocenters. The molecule has 0 saturated carbocycles. The van der Waals surface area contributed by atoms with Gasteiger partial charge >= 0.3 is 0 Å². The van der Waals surface area contributed by atoms with E-state index in [1.54, 1.807) is 6.08 Å². The Bertz CT molecular complexity index is 121. The molecule has 0 aromatic heterocycles. The molecule has 0 aliphatic heterocycles. The van der Waals surface area contributed by atoms with Gasteiger partial charge in [0.05, 0.1) is 6.07 Å². The van der Waals surface area contributed by atoms with E-state index < -0.39 is 0 Å². The number of rotatable bonds is 2. The third kappa shape index (κ3) is 3.84. The molecule has 0 aliphatic rings. The fraction of sp³-hybridized carbons (Fsp3) is 0.500. The van der Waals surface area contributed by atoms with Crippen molar-refractivity contribution in [1.82, 2.24) is 0 Å². The van der Waals surface area contributed by atoms with Crippen molar-refractivity contribution in [2.75, 3.05) is 0 Å². The first kappa shape index (κ1) is 7.66. The van der Waals surface area contributed by atoms with Crippen LogP contribution in [0, 0.1) is 11.3 Å². The van der Waals surface area contributed by atoms with Gasteiger partial charge in [-0.3, -0.25) is 0 Å². The van der Waals surface area contributed by atoms with Crippen LogP contribution in [0.25, 0.3) is 0 Å². The van der Waals surface area contributed by atoms with Crippen LogP contribution in [-0.4, -0.2) is 0 Å². The Kier molecular flexibility index (Phi) is 4.61. The second kappa shape index (κ2) is 4.81. The maximum atomic E-state index is 8.12. The lowest BCUT2D eigenvalue weighted by molar-refractivity contribution is 0.948. The second-order valence-electron chi connectivity index (χ2n) is 1.60. The fourth-order valence-corrected chi connectivity index (χ4v) is 0.807. The molecule has 0 heterocycles.